The SMILES string of the molecule is CCc1ccc(CC(Cc2ccccc2Cl)C(=O)O)s1. The number of hydrogen-bond acceptors (Lipinski definition) is 2. The summed E-state index contributed by atoms with van der Waals surface area (Å²) in [6, 6.07) is 11.6. The van der Waals surface area contributed by atoms with Crippen molar-refractivity contribution in [2.24, 2.45) is 5.92 Å². The van der Waals surface area contributed by atoms with Crippen LogP contribution in [0.1, 0.15) is 22.2 Å². The first kappa shape index (κ1) is 15.1. The van der Waals surface area contributed by atoms with Gasteiger partial charge in [0.2, 0.25) is 0 Å². The number of carboxylic acids is 1. The van der Waals surface area contributed by atoms with Crippen LogP contribution in [-0.2, 0) is 24.1 Å². The molecule has 0 aliphatic rings. The normalized spacial score (nSPS) is 12.3. The Morgan fingerprint density at radius 1 is 1.20 bits per heavy atom. The fourth-order valence-electron chi connectivity index (χ4n) is 2.14. The van der Waals surface area contributed by atoms with Gasteiger partial charge in [-0.15, -0.1) is 11.3 Å². The molecule has 0 aliphatic carbocycles. The molecule has 0 bridgehead atoms. The summed E-state index contributed by atoms with van der Waals surface area (Å²) in [5.74, 6) is -1.20. The third kappa shape index (κ3) is 3.84. The second-order valence-corrected chi connectivity index (χ2v) is 6.42. The molecule has 1 aromatic carbocycles. The van der Waals surface area contributed by atoms with Crippen LogP contribution < -0.4 is 0 Å². The van der Waals surface area contributed by atoms with E-state index in [1.165, 1.54) is 4.88 Å². The van der Waals surface area contributed by atoms with Crippen LogP contribution in [0.4, 0.5) is 0 Å². The lowest BCUT2D eigenvalue weighted by Crippen LogP contribution is -2.18. The molecule has 1 N–H and O–H groups in total. The maximum Gasteiger partial charge on any atom is 0.307 e. The fourth-order valence-corrected chi connectivity index (χ4v) is 3.39. The summed E-state index contributed by atoms with van der Waals surface area (Å²) in [6.45, 7) is 2.11. The van der Waals surface area contributed by atoms with Gasteiger partial charge in [-0.1, -0.05) is 36.7 Å². The van der Waals surface area contributed by atoms with Crippen LogP contribution in [0.25, 0.3) is 0 Å². The Kier molecular flexibility index (Phi) is 5.21. The molecule has 4 heteroatoms. The van der Waals surface area contributed by atoms with Crippen molar-refractivity contribution < 1.29 is 9.90 Å². The molecule has 2 aromatic rings. The van der Waals surface area contributed by atoms with Gasteiger partial charge in [0.05, 0.1) is 5.92 Å². The first-order chi connectivity index (χ1) is 9.60. The molecule has 1 unspecified atom stereocenters. The molecular formula is C16H17ClO2S. The Morgan fingerprint density at radius 3 is 2.50 bits per heavy atom. The molecule has 0 saturated heterocycles. The molecule has 1 heterocycles. The molecular weight excluding hydrogens is 292 g/mol. The number of rotatable bonds is 6. The molecule has 2 nitrogen and oxygen atoms in total. The second-order valence-electron chi connectivity index (χ2n) is 4.76. The second kappa shape index (κ2) is 6.91. The van der Waals surface area contributed by atoms with Crippen molar-refractivity contribution in [2.75, 3.05) is 0 Å². The molecule has 0 fully saturated rings. The monoisotopic (exact) mass is 308 g/mol. The number of hydrogen-bond donors (Lipinski definition) is 1. The van der Waals surface area contributed by atoms with Crippen LogP contribution in [0.15, 0.2) is 36.4 Å². The largest absolute Gasteiger partial charge is 0.481 e. The van der Waals surface area contributed by atoms with Crippen molar-refractivity contribution >= 4 is 28.9 Å². The summed E-state index contributed by atoms with van der Waals surface area (Å²) < 4.78 is 0. The maximum atomic E-state index is 11.5. The highest BCUT2D eigenvalue weighted by molar-refractivity contribution is 7.12. The number of aliphatic carboxylic acids is 1. The van der Waals surface area contributed by atoms with Crippen molar-refractivity contribution in [3.8, 4) is 0 Å². The number of carboxylic acid groups (broad SMARTS) is 1. The molecule has 106 valence electrons. The summed E-state index contributed by atoms with van der Waals surface area (Å²) in [4.78, 5) is 13.9. The third-order valence-corrected chi connectivity index (χ3v) is 4.91. The highest BCUT2D eigenvalue weighted by Crippen LogP contribution is 2.24. The Labute approximate surface area is 128 Å². The molecule has 2 rings (SSSR count). The van der Waals surface area contributed by atoms with Crippen LogP contribution in [0.2, 0.25) is 5.02 Å². The van der Waals surface area contributed by atoms with Crippen molar-refractivity contribution in [3.63, 3.8) is 0 Å². The Morgan fingerprint density at radius 2 is 1.90 bits per heavy atom. The number of benzene rings is 1. The van der Waals surface area contributed by atoms with E-state index >= 15 is 0 Å². The van der Waals surface area contributed by atoms with E-state index in [9.17, 15) is 9.90 Å². The lowest BCUT2D eigenvalue weighted by atomic mass is 9.95. The molecule has 1 atom stereocenters. The first-order valence-corrected chi connectivity index (χ1v) is 7.83. The highest BCUT2D eigenvalue weighted by Gasteiger charge is 2.20. The van der Waals surface area contributed by atoms with Crippen molar-refractivity contribution in [1.82, 2.24) is 0 Å². The minimum absolute atomic E-state index is 0.432. The zero-order valence-corrected chi connectivity index (χ0v) is 12.9. The minimum Gasteiger partial charge on any atom is -0.481 e. The van der Waals surface area contributed by atoms with E-state index in [4.69, 9.17) is 11.6 Å². The van der Waals surface area contributed by atoms with Gasteiger partial charge in [-0.25, -0.2) is 0 Å². The molecule has 0 aliphatic heterocycles. The highest BCUT2D eigenvalue weighted by atomic mass is 35.5. The van der Waals surface area contributed by atoms with Crippen molar-refractivity contribution in [1.29, 1.82) is 0 Å². The quantitative estimate of drug-likeness (QED) is 0.856. The van der Waals surface area contributed by atoms with Gasteiger partial charge in [0.25, 0.3) is 0 Å². The maximum absolute atomic E-state index is 11.5. The summed E-state index contributed by atoms with van der Waals surface area (Å²) in [6.07, 6.45) is 2.02. The van der Waals surface area contributed by atoms with Gasteiger partial charge >= 0.3 is 5.97 Å². The van der Waals surface area contributed by atoms with E-state index in [-0.39, 0.29) is 0 Å². The average Bonchev–Trinajstić information content (AvgIpc) is 2.88. The standard InChI is InChI=1S/C16H17ClO2S/c1-2-13-7-8-14(20-13)10-12(16(18)19)9-11-5-3-4-6-15(11)17/h3-8,12H,2,9-10H2,1H3,(H,18,19). The van der Waals surface area contributed by atoms with Gasteiger partial charge in [0.1, 0.15) is 0 Å². The predicted octanol–water partition coefficient (Wildman–Crippen LogP) is 4.45. The lowest BCUT2D eigenvalue weighted by molar-refractivity contribution is -0.141. The van der Waals surface area contributed by atoms with Gasteiger partial charge in [-0.3, -0.25) is 4.79 Å². The Balaban J connectivity index is 2.11. The summed E-state index contributed by atoms with van der Waals surface area (Å²) in [7, 11) is 0. The first-order valence-electron chi connectivity index (χ1n) is 6.64. The number of thiophene rings is 1. The molecule has 0 radical (unpaired) electrons. The zero-order valence-electron chi connectivity index (χ0n) is 11.3. The van der Waals surface area contributed by atoms with E-state index in [0.29, 0.717) is 17.9 Å². The van der Waals surface area contributed by atoms with E-state index in [0.717, 1.165) is 16.9 Å². The van der Waals surface area contributed by atoms with Crippen molar-refractivity contribution in [3.05, 3.63) is 56.7 Å². The van der Waals surface area contributed by atoms with E-state index in [2.05, 4.69) is 13.0 Å². The molecule has 0 spiro atoms. The molecule has 1 aromatic heterocycles. The fraction of sp³-hybridized carbons (Fsp3) is 0.312. The number of halogens is 1. The Bertz CT molecular complexity index is 592. The molecule has 20 heavy (non-hydrogen) atoms. The Hall–Kier alpha value is -1.32. The summed E-state index contributed by atoms with van der Waals surface area (Å²) >= 11 is 7.81. The smallest absolute Gasteiger partial charge is 0.307 e. The lowest BCUT2D eigenvalue weighted by Gasteiger charge is -2.12. The van der Waals surface area contributed by atoms with Crippen LogP contribution in [0, 0.1) is 5.92 Å². The van der Waals surface area contributed by atoms with Gasteiger partial charge in [-0.2, -0.15) is 0 Å². The predicted molar refractivity (Wildman–Crippen MR) is 83.7 cm³/mol. The van der Waals surface area contributed by atoms with Crippen LogP contribution >= 0.6 is 22.9 Å². The van der Waals surface area contributed by atoms with Gasteiger partial charge in [-0.05, 0) is 43.0 Å². The third-order valence-electron chi connectivity index (χ3n) is 3.29. The number of aryl methyl sites for hydroxylation is 1. The van der Waals surface area contributed by atoms with Crippen LogP contribution in [0.3, 0.4) is 0 Å². The van der Waals surface area contributed by atoms with E-state index in [1.54, 1.807) is 17.4 Å². The van der Waals surface area contributed by atoms with Gasteiger partial charge in [0, 0.05) is 14.8 Å². The molecule has 0 amide bonds. The van der Waals surface area contributed by atoms with E-state index < -0.39 is 11.9 Å². The average molecular weight is 309 g/mol. The summed E-state index contributed by atoms with van der Waals surface area (Å²) in [5, 5.41) is 10.1. The van der Waals surface area contributed by atoms with E-state index in [1.807, 2.05) is 24.3 Å². The summed E-state index contributed by atoms with van der Waals surface area (Å²) in [5.41, 5.74) is 0.897. The van der Waals surface area contributed by atoms with Gasteiger partial charge < -0.3 is 5.11 Å². The van der Waals surface area contributed by atoms with Gasteiger partial charge in [0.15, 0.2) is 0 Å². The zero-order chi connectivity index (χ0) is 14.5. The van der Waals surface area contributed by atoms with Crippen molar-refractivity contribution in [2.45, 2.75) is 26.2 Å². The van der Waals surface area contributed by atoms with Crippen LogP contribution in [-0.4, -0.2) is 11.1 Å². The topological polar surface area (TPSA) is 37.3 Å². The number of carbonyl (C=O) groups is 1. The minimum atomic E-state index is -0.767. The molecule has 0 saturated carbocycles. The van der Waals surface area contributed by atoms with Crippen LogP contribution in [0.5, 0.6) is 0 Å².